The average Bonchev–Trinajstić information content (AvgIpc) is 2.93. The quantitative estimate of drug-likeness (QED) is 0.778. The van der Waals surface area contributed by atoms with Crippen molar-refractivity contribution in [1.29, 1.82) is 0 Å². The second-order valence-corrected chi connectivity index (χ2v) is 4.40. The van der Waals surface area contributed by atoms with E-state index in [1.807, 2.05) is 0 Å². The standard InChI is InChI=1S/C12H17NO3/c1-2-9(7-8-3-4-8)13-11-6-5-10(16-11)12(14)15/h5-6,8-9,13H,2-4,7H2,1H3,(H,14,15). The lowest BCUT2D eigenvalue weighted by molar-refractivity contribution is 0.0663. The maximum absolute atomic E-state index is 10.6. The summed E-state index contributed by atoms with van der Waals surface area (Å²) in [5, 5.41) is 12.0. The van der Waals surface area contributed by atoms with Gasteiger partial charge in [0.15, 0.2) is 5.88 Å². The Hall–Kier alpha value is -1.45. The first kappa shape index (κ1) is 11.0. The molecule has 1 aromatic rings. The van der Waals surface area contributed by atoms with Gasteiger partial charge < -0.3 is 14.8 Å². The van der Waals surface area contributed by atoms with E-state index in [2.05, 4.69) is 12.2 Å². The van der Waals surface area contributed by atoms with Crippen molar-refractivity contribution in [2.45, 2.75) is 38.6 Å². The Balaban J connectivity index is 1.92. The van der Waals surface area contributed by atoms with Gasteiger partial charge in [0, 0.05) is 12.1 Å². The first-order chi connectivity index (χ1) is 7.69. The molecule has 1 heterocycles. The van der Waals surface area contributed by atoms with Crippen molar-refractivity contribution >= 4 is 11.9 Å². The van der Waals surface area contributed by atoms with Gasteiger partial charge in [0.05, 0.1) is 0 Å². The Morgan fingerprint density at radius 3 is 2.88 bits per heavy atom. The molecule has 1 fully saturated rings. The Labute approximate surface area is 94.6 Å². The minimum Gasteiger partial charge on any atom is -0.475 e. The number of nitrogens with one attached hydrogen (secondary N) is 1. The summed E-state index contributed by atoms with van der Waals surface area (Å²) in [5.74, 6) is 0.378. The third-order valence-corrected chi connectivity index (χ3v) is 2.97. The molecular weight excluding hydrogens is 206 g/mol. The molecule has 88 valence electrons. The summed E-state index contributed by atoms with van der Waals surface area (Å²) < 4.78 is 5.17. The number of carboxylic acid groups (broad SMARTS) is 1. The van der Waals surface area contributed by atoms with Crippen LogP contribution in [0.25, 0.3) is 0 Å². The first-order valence-electron chi connectivity index (χ1n) is 5.78. The van der Waals surface area contributed by atoms with Crippen molar-refractivity contribution in [3.8, 4) is 0 Å². The summed E-state index contributed by atoms with van der Waals surface area (Å²) in [6.45, 7) is 2.13. The molecule has 2 rings (SSSR count). The zero-order valence-corrected chi connectivity index (χ0v) is 9.40. The fourth-order valence-electron chi connectivity index (χ4n) is 1.82. The molecule has 0 saturated heterocycles. The minimum atomic E-state index is -1.02. The number of furan rings is 1. The van der Waals surface area contributed by atoms with Crippen LogP contribution in [0, 0.1) is 5.92 Å². The van der Waals surface area contributed by atoms with E-state index in [9.17, 15) is 4.79 Å². The lowest BCUT2D eigenvalue weighted by Crippen LogP contribution is -2.18. The molecule has 1 aliphatic carbocycles. The Morgan fingerprint density at radius 2 is 2.38 bits per heavy atom. The van der Waals surface area contributed by atoms with Crippen LogP contribution in [-0.2, 0) is 0 Å². The Morgan fingerprint density at radius 1 is 1.62 bits per heavy atom. The fraction of sp³-hybridized carbons (Fsp3) is 0.583. The molecule has 0 amide bonds. The second-order valence-electron chi connectivity index (χ2n) is 4.40. The van der Waals surface area contributed by atoms with Crippen molar-refractivity contribution < 1.29 is 14.3 Å². The van der Waals surface area contributed by atoms with E-state index in [0.29, 0.717) is 11.9 Å². The predicted molar refractivity (Wildman–Crippen MR) is 60.7 cm³/mol. The number of hydrogen-bond acceptors (Lipinski definition) is 3. The van der Waals surface area contributed by atoms with Crippen molar-refractivity contribution in [1.82, 2.24) is 0 Å². The maximum atomic E-state index is 10.6. The van der Waals surface area contributed by atoms with Gasteiger partial charge >= 0.3 is 5.97 Å². The third kappa shape index (κ3) is 2.78. The van der Waals surface area contributed by atoms with E-state index in [1.165, 1.54) is 18.9 Å². The first-order valence-corrected chi connectivity index (χ1v) is 5.78. The van der Waals surface area contributed by atoms with Gasteiger partial charge in [-0.25, -0.2) is 4.79 Å². The van der Waals surface area contributed by atoms with Crippen molar-refractivity contribution in [2.75, 3.05) is 5.32 Å². The molecule has 0 aromatic carbocycles. The summed E-state index contributed by atoms with van der Waals surface area (Å²) in [7, 11) is 0. The summed E-state index contributed by atoms with van der Waals surface area (Å²) in [6, 6.07) is 3.55. The highest BCUT2D eigenvalue weighted by atomic mass is 16.4. The van der Waals surface area contributed by atoms with Gasteiger partial charge in [-0.15, -0.1) is 0 Å². The highest BCUT2D eigenvalue weighted by Crippen LogP contribution is 2.34. The summed E-state index contributed by atoms with van der Waals surface area (Å²) >= 11 is 0. The molecule has 0 bridgehead atoms. The van der Waals surface area contributed by atoms with E-state index in [0.717, 1.165) is 18.8 Å². The van der Waals surface area contributed by atoms with Gasteiger partial charge in [0.1, 0.15) is 0 Å². The van der Waals surface area contributed by atoms with Gasteiger partial charge in [-0.2, -0.15) is 0 Å². The van der Waals surface area contributed by atoms with E-state index in [1.54, 1.807) is 6.07 Å². The number of hydrogen-bond donors (Lipinski definition) is 2. The van der Waals surface area contributed by atoms with Crippen LogP contribution in [0.2, 0.25) is 0 Å². The van der Waals surface area contributed by atoms with Gasteiger partial charge in [-0.05, 0) is 24.8 Å². The average molecular weight is 223 g/mol. The molecule has 0 spiro atoms. The molecule has 2 N–H and O–H groups in total. The van der Waals surface area contributed by atoms with Gasteiger partial charge in [0.25, 0.3) is 0 Å². The maximum Gasteiger partial charge on any atom is 0.371 e. The van der Waals surface area contributed by atoms with Crippen LogP contribution in [0.1, 0.15) is 43.2 Å². The van der Waals surface area contributed by atoms with Crippen LogP contribution in [0.15, 0.2) is 16.5 Å². The van der Waals surface area contributed by atoms with E-state index in [4.69, 9.17) is 9.52 Å². The molecule has 4 nitrogen and oxygen atoms in total. The monoisotopic (exact) mass is 223 g/mol. The van der Waals surface area contributed by atoms with E-state index < -0.39 is 5.97 Å². The van der Waals surface area contributed by atoms with Crippen LogP contribution in [0.3, 0.4) is 0 Å². The molecule has 1 aliphatic rings. The number of aromatic carboxylic acids is 1. The Bertz CT molecular complexity index is 368. The van der Waals surface area contributed by atoms with Crippen LogP contribution < -0.4 is 5.32 Å². The molecule has 1 saturated carbocycles. The molecule has 16 heavy (non-hydrogen) atoms. The van der Waals surface area contributed by atoms with Crippen LogP contribution in [-0.4, -0.2) is 17.1 Å². The third-order valence-electron chi connectivity index (χ3n) is 2.97. The van der Waals surface area contributed by atoms with Crippen molar-refractivity contribution in [2.24, 2.45) is 5.92 Å². The predicted octanol–water partition coefficient (Wildman–Crippen LogP) is 2.97. The Kier molecular flexibility index (Phi) is 3.17. The van der Waals surface area contributed by atoms with Gasteiger partial charge in [0.2, 0.25) is 5.76 Å². The molecule has 4 heteroatoms. The van der Waals surface area contributed by atoms with Crippen molar-refractivity contribution in [3.05, 3.63) is 17.9 Å². The van der Waals surface area contributed by atoms with Crippen molar-refractivity contribution in [3.63, 3.8) is 0 Å². The SMILES string of the molecule is CCC(CC1CC1)Nc1ccc(C(=O)O)o1. The topological polar surface area (TPSA) is 62.5 Å². The molecule has 0 aliphatic heterocycles. The number of carbonyl (C=O) groups is 1. The fourth-order valence-corrected chi connectivity index (χ4v) is 1.82. The summed E-state index contributed by atoms with van der Waals surface area (Å²) in [5.41, 5.74) is 0. The van der Waals surface area contributed by atoms with Crippen LogP contribution in [0.4, 0.5) is 5.88 Å². The second kappa shape index (κ2) is 4.60. The molecule has 1 aromatic heterocycles. The largest absolute Gasteiger partial charge is 0.475 e. The molecule has 1 atom stereocenters. The highest BCUT2D eigenvalue weighted by Gasteiger charge is 2.25. The molecule has 1 unspecified atom stereocenters. The van der Waals surface area contributed by atoms with Gasteiger partial charge in [-0.1, -0.05) is 19.8 Å². The lowest BCUT2D eigenvalue weighted by Gasteiger charge is -2.15. The number of carboxylic acids is 1. The van der Waals surface area contributed by atoms with Crippen LogP contribution in [0.5, 0.6) is 0 Å². The highest BCUT2D eigenvalue weighted by molar-refractivity contribution is 5.84. The summed E-state index contributed by atoms with van der Waals surface area (Å²) in [4.78, 5) is 10.6. The molecular formula is C12H17NO3. The lowest BCUT2D eigenvalue weighted by atomic mass is 10.1. The molecule has 0 radical (unpaired) electrons. The minimum absolute atomic E-state index is 0.0104. The number of anilines is 1. The van der Waals surface area contributed by atoms with E-state index >= 15 is 0 Å². The smallest absolute Gasteiger partial charge is 0.371 e. The van der Waals surface area contributed by atoms with Gasteiger partial charge in [-0.3, -0.25) is 0 Å². The normalized spacial score (nSPS) is 17.1. The zero-order chi connectivity index (χ0) is 11.5. The number of rotatable bonds is 6. The van der Waals surface area contributed by atoms with E-state index in [-0.39, 0.29) is 5.76 Å². The van der Waals surface area contributed by atoms with Crippen LogP contribution >= 0.6 is 0 Å². The summed E-state index contributed by atoms with van der Waals surface area (Å²) in [6.07, 6.45) is 4.84. The zero-order valence-electron chi connectivity index (χ0n) is 9.40.